The van der Waals surface area contributed by atoms with E-state index in [1.165, 1.54) is 18.7 Å². The van der Waals surface area contributed by atoms with Crippen molar-refractivity contribution in [1.82, 2.24) is 14.8 Å². The lowest BCUT2D eigenvalue weighted by atomic mass is 10.1. The van der Waals surface area contributed by atoms with Gasteiger partial charge in [-0.2, -0.15) is 0 Å². The van der Waals surface area contributed by atoms with Gasteiger partial charge in [-0.25, -0.2) is 0 Å². The lowest BCUT2D eigenvalue weighted by Crippen LogP contribution is -2.23. The van der Waals surface area contributed by atoms with Crippen LogP contribution in [0.4, 0.5) is 5.69 Å². The fourth-order valence-electron chi connectivity index (χ4n) is 2.75. The van der Waals surface area contributed by atoms with Gasteiger partial charge in [-0.1, -0.05) is 41.6 Å². The molecule has 0 saturated carbocycles. The number of benzene rings is 2. The molecule has 8 heteroatoms. The SMILES string of the molecule is C=CCn1c(SC(C)C(=O)Nc2cccc(C(C)=O)c2)nnc1-c1ccc(Cl)cc1. The summed E-state index contributed by atoms with van der Waals surface area (Å²) in [6, 6.07) is 14.2. The number of ketones is 1. The summed E-state index contributed by atoms with van der Waals surface area (Å²) in [5.74, 6) is 0.429. The maximum absolute atomic E-state index is 12.7. The molecule has 1 unspecified atom stereocenters. The molecule has 0 saturated heterocycles. The number of allylic oxidation sites excluding steroid dienone is 1. The van der Waals surface area contributed by atoms with Gasteiger partial charge in [0.1, 0.15) is 0 Å². The Hall–Kier alpha value is -2.90. The Morgan fingerprint density at radius 3 is 2.63 bits per heavy atom. The van der Waals surface area contributed by atoms with Gasteiger partial charge in [0.25, 0.3) is 0 Å². The van der Waals surface area contributed by atoms with Crippen molar-refractivity contribution in [3.63, 3.8) is 0 Å². The molecule has 6 nitrogen and oxygen atoms in total. The molecule has 0 bridgehead atoms. The summed E-state index contributed by atoms with van der Waals surface area (Å²) < 4.78 is 1.90. The minimum atomic E-state index is -0.434. The molecule has 0 fully saturated rings. The highest BCUT2D eigenvalue weighted by molar-refractivity contribution is 8.00. The summed E-state index contributed by atoms with van der Waals surface area (Å²) in [5, 5.41) is 12.2. The number of nitrogens with zero attached hydrogens (tertiary/aromatic N) is 3. The third kappa shape index (κ3) is 5.17. The molecule has 2 aromatic carbocycles. The summed E-state index contributed by atoms with van der Waals surface area (Å²) in [4.78, 5) is 24.2. The van der Waals surface area contributed by atoms with E-state index in [4.69, 9.17) is 11.6 Å². The van der Waals surface area contributed by atoms with E-state index >= 15 is 0 Å². The molecule has 1 atom stereocenters. The zero-order valence-electron chi connectivity index (χ0n) is 16.6. The molecule has 0 aliphatic rings. The average molecular weight is 441 g/mol. The number of hydrogen-bond acceptors (Lipinski definition) is 5. The number of rotatable bonds is 8. The number of anilines is 1. The molecule has 1 heterocycles. The molecule has 1 amide bonds. The maximum Gasteiger partial charge on any atom is 0.237 e. The summed E-state index contributed by atoms with van der Waals surface area (Å²) in [7, 11) is 0. The van der Waals surface area contributed by atoms with Gasteiger partial charge in [0.2, 0.25) is 5.91 Å². The van der Waals surface area contributed by atoms with E-state index < -0.39 is 5.25 Å². The molecule has 0 aliphatic heterocycles. The van der Waals surface area contributed by atoms with Gasteiger partial charge in [0, 0.05) is 28.4 Å². The highest BCUT2D eigenvalue weighted by Gasteiger charge is 2.21. The van der Waals surface area contributed by atoms with E-state index in [2.05, 4.69) is 22.1 Å². The van der Waals surface area contributed by atoms with Crippen molar-refractivity contribution in [3.8, 4) is 11.4 Å². The molecule has 30 heavy (non-hydrogen) atoms. The number of halogens is 1. The first-order chi connectivity index (χ1) is 14.4. The Morgan fingerprint density at radius 1 is 1.23 bits per heavy atom. The molecule has 3 aromatic rings. The summed E-state index contributed by atoms with van der Waals surface area (Å²) in [6.07, 6.45) is 1.75. The molecule has 0 spiro atoms. The van der Waals surface area contributed by atoms with Crippen molar-refractivity contribution < 1.29 is 9.59 Å². The normalized spacial score (nSPS) is 11.7. The first-order valence-electron chi connectivity index (χ1n) is 9.27. The van der Waals surface area contributed by atoms with E-state index in [9.17, 15) is 9.59 Å². The summed E-state index contributed by atoms with van der Waals surface area (Å²) in [6.45, 7) is 7.59. The van der Waals surface area contributed by atoms with Crippen LogP contribution in [0, 0.1) is 0 Å². The third-order valence-electron chi connectivity index (χ3n) is 4.32. The van der Waals surface area contributed by atoms with Crippen molar-refractivity contribution in [1.29, 1.82) is 0 Å². The van der Waals surface area contributed by atoms with Gasteiger partial charge in [0.15, 0.2) is 16.8 Å². The van der Waals surface area contributed by atoms with Gasteiger partial charge in [-0.3, -0.25) is 14.2 Å². The van der Waals surface area contributed by atoms with E-state index in [-0.39, 0.29) is 11.7 Å². The fourth-order valence-corrected chi connectivity index (χ4v) is 3.74. The molecule has 3 rings (SSSR count). The lowest BCUT2D eigenvalue weighted by molar-refractivity contribution is -0.115. The standard InChI is InChI=1S/C22H21ClN4O2S/c1-4-12-27-20(16-8-10-18(23)11-9-16)25-26-22(27)30-15(3)21(29)24-19-7-5-6-17(13-19)14(2)28/h4-11,13,15H,1,12H2,2-3H3,(H,24,29). The summed E-state index contributed by atoms with van der Waals surface area (Å²) >= 11 is 7.28. The maximum atomic E-state index is 12.7. The Balaban J connectivity index is 1.77. The minimum Gasteiger partial charge on any atom is -0.325 e. The highest BCUT2D eigenvalue weighted by atomic mass is 35.5. The quantitative estimate of drug-likeness (QED) is 0.299. The molecule has 0 aliphatic carbocycles. The van der Waals surface area contributed by atoms with Crippen molar-refractivity contribution >= 4 is 40.7 Å². The molecule has 1 N–H and O–H groups in total. The average Bonchev–Trinajstić information content (AvgIpc) is 3.11. The van der Waals surface area contributed by atoms with Gasteiger partial charge >= 0.3 is 0 Å². The van der Waals surface area contributed by atoms with Crippen molar-refractivity contribution in [2.24, 2.45) is 0 Å². The number of nitrogens with one attached hydrogen (secondary N) is 1. The predicted molar refractivity (Wildman–Crippen MR) is 121 cm³/mol. The van der Waals surface area contributed by atoms with Crippen LogP contribution in [-0.4, -0.2) is 31.7 Å². The highest BCUT2D eigenvalue weighted by Crippen LogP contribution is 2.28. The topological polar surface area (TPSA) is 76.9 Å². The second-order valence-corrected chi connectivity index (χ2v) is 8.34. The number of Topliss-reactive ketones (excluding diaryl/α,β-unsaturated/α-hetero) is 1. The molecular weight excluding hydrogens is 420 g/mol. The minimum absolute atomic E-state index is 0.0548. The fraction of sp³-hybridized carbons (Fsp3) is 0.182. The molecular formula is C22H21ClN4O2S. The van der Waals surface area contributed by atoms with Crippen LogP contribution in [0.3, 0.4) is 0 Å². The second-order valence-electron chi connectivity index (χ2n) is 6.60. The zero-order valence-corrected chi connectivity index (χ0v) is 18.2. The first kappa shape index (κ1) is 21.8. The van der Waals surface area contributed by atoms with Crippen LogP contribution in [0.25, 0.3) is 11.4 Å². The lowest BCUT2D eigenvalue weighted by Gasteiger charge is -2.13. The van der Waals surface area contributed by atoms with Crippen molar-refractivity contribution in [2.75, 3.05) is 5.32 Å². The van der Waals surface area contributed by atoms with Crippen molar-refractivity contribution in [2.45, 2.75) is 30.8 Å². The van der Waals surface area contributed by atoms with Gasteiger partial charge < -0.3 is 5.32 Å². The number of carbonyl (C=O) groups is 2. The van der Waals surface area contributed by atoms with Crippen LogP contribution >= 0.6 is 23.4 Å². The number of thioether (sulfide) groups is 1. The smallest absolute Gasteiger partial charge is 0.237 e. The third-order valence-corrected chi connectivity index (χ3v) is 5.65. The van der Waals surface area contributed by atoms with Gasteiger partial charge in [-0.05, 0) is 50.2 Å². The molecule has 154 valence electrons. The Labute approximate surface area is 184 Å². The van der Waals surface area contributed by atoms with Crippen LogP contribution in [0.2, 0.25) is 5.02 Å². The monoisotopic (exact) mass is 440 g/mol. The predicted octanol–water partition coefficient (Wildman–Crippen LogP) is 5.11. The van der Waals surface area contributed by atoms with Gasteiger partial charge in [-0.15, -0.1) is 16.8 Å². The van der Waals surface area contributed by atoms with E-state index in [0.717, 1.165) is 5.56 Å². The molecule has 1 aromatic heterocycles. The van der Waals surface area contributed by atoms with Crippen LogP contribution < -0.4 is 5.32 Å². The summed E-state index contributed by atoms with van der Waals surface area (Å²) in [5.41, 5.74) is 2.00. The van der Waals surface area contributed by atoms with Crippen molar-refractivity contribution in [3.05, 3.63) is 71.8 Å². The van der Waals surface area contributed by atoms with Crippen LogP contribution in [0.5, 0.6) is 0 Å². The number of amides is 1. The largest absolute Gasteiger partial charge is 0.325 e. The van der Waals surface area contributed by atoms with Crippen LogP contribution in [0.15, 0.2) is 66.3 Å². The zero-order chi connectivity index (χ0) is 21.7. The number of hydrogen-bond donors (Lipinski definition) is 1. The number of carbonyl (C=O) groups excluding carboxylic acids is 2. The Kier molecular flexibility index (Phi) is 7.07. The van der Waals surface area contributed by atoms with E-state index in [1.807, 2.05) is 16.7 Å². The first-order valence-corrected chi connectivity index (χ1v) is 10.5. The van der Waals surface area contributed by atoms with E-state index in [1.54, 1.807) is 49.4 Å². The van der Waals surface area contributed by atoms with Crippen LogP contribution in [-0.2, 0) is 11.3 Å². The van der Waals surface area contributed by atoms with Gasteiger partial charge in [0.05, 0.1) is 5.25 Å². The van der Waals surface area contributed by atoms with Crippen LogP contribution in [0.1, 0.15) is 24.2 Å². The Morgan fingerprint density at radius 2 is 1.97 bits per heavy atom. The van der Waals surface area contributed by atoms with E-state index in [0.29, 0.717) is 33.8 Å². The Bertz CT molecular complexity index is 1080. The number of aromatic nitrogens is 3. The second kappa shape index (κ2) is 9.73. The molecule has 0 radical (unpaired) electrons.